The molecule has 1 aliphatic carbocycles. The summed E-state index contributed by atoms with van der Waals surface area (Å²) in [6, 6.07) is 10.3. The average molecular weight is 430 g/mol. The Morgan fingerprint density at radius 2 is 2.03 bits per heavy atom. The number of Topliss-reactive ketones (excluding diaryl/α,β-unsaturated/α-hetero) is 1. The van der Waals surface area contributed by atoms with Crippen LogP contribution in [-0.4, -0.2) is 33.7 Å². The number of hydrogen-bond donors (Lipinski definition) is 1. The van der Waals surface area contributed by atoms with E-state index >= 15 is 0 Å². The summed E-state index contributed by atoms with van der Waals surface area (Å²) in [6.07, 6.45) is 10.2. The molecule has 2 aliphatic rings. The van der Waals surface area contributed by atoms with Gasteiger partial charge >= 0.3 is 0 Å². The molecule has 1 aromatic carbocycles. The number of carbonyl (C=O) groups excluding carboxylic acids is 1. The average Bonchev–Trinajstić information content (AvgIpc) is 3.38. The summed E-state index contributed by atoms with van der Waals surface area (Å²) in [5.41, 5.74) is 6.47. The molecule has 0 spiro atoms. The van der Waals surface area contributed by atoms with Crippen LogP contribution in [0.5, 0.6) is 0 Å². The molecule has 5 rings (SSSR count). The van der Waals surface area contributed by atoms with Gasteiger partial charge in [-0.1, -0.05) is 36.4 Å². The lowest BCUT2D eigenvalue weighted by Gasteiger charge is -2.32. The van der Waals surface area contributed by atoms with Gasteiger partial charge in [-0.05, 0) is 55.9 Å². The summed E-state index contributed by atoms with van der Waals surface area (Å²) in [4.78, 5) is 23.7. The lowest BCUT2D eigenvalue weighted by molar-refractivity contribution is 0.0987. The van der Waals surface area contributed by atoms with Crippen molar-refractivity contribution in [2.45, 2.75) is 38.5 Å². The maximum absolute atomic E-state index is 13.2. The van der Waals surface area contributed by atoms with Gasteiger partial charge in [0.2, 0.25) is 0 Å². The number of nitrogens with zero attached hydrogens (tertiary/aromatic N) is 2. The van der Waals surface area contributed by atoms with Crippen LogP contribution < -0.4 is 0 Å². The Bertz CT molecular complexity index is 1150. The zero-order valence-electron chi connectivity index (χ0n) is 17.7. The minimum atomic E-state index is 0.114. The third-order valence-electron chi connectivity index (χ3n) is 6.22. The van der Waals surface area contributed by atoms with E-state index in [1.807, 2.05) is 17.5 Å². The number of aromatic amines is 1. The largest absolute Gasteiger partial charge is 0.371 e. The Hall–Kier alpha value is -2.92. The van der Waals surface area contributed by atoms with Crippen LogP contribution in [0.1, 0.15) is 49.0 Å². The molecule has 1 aliphatic heterocycles. The second-order valence-electron chi connectivity index (χ2n) is 8.43. The fourth-order valence-corrected chi connectivity index (χ4v) is 5.24. The number of para-hydroxylation sites is 1. The van der Waals surface area contributed by atoms with Crippen LogP contribution in [-0.2, 0) is 0 Å². The number of likely N-dealkylation sites (tertiary alicyclic amines) is 1. The number of nitrogens with one attached hydrogen (secondary N) is 1. The topological polar surface area (TPSA) is 49.0 Å². The van der Waals surface area contributed by atoms with Gasteiger partial charge < -0.3 is 9.88 Å². The third kappa shape index (κ3) is 4.28. The monoisotopic (exact) mass is 429 g/mol. The van der Waals surface area contributed by atoms with Crippen molar-refractivity contribution in [3.8, 4) is 10.7 Å². The van der Waals surface area contributed by atoms with Gasteiger partial charge in [0.25, 0.3) is 0 Å². The van der Waals surface area contributed by atoms with Gasteiger partial charge in [-0.3, -0.25) is 4.79 Å². The maximum atomic E-state index is 13.2. The molecule has 0 bridgehead atoms. The number of rotatable bonds is 5. The molecule has 1 fully saturated rings. The second-order valence-corrected chi connectivity index (χ2v) is 9.29. The molecule has 0 atom stereocenters. The molecular weight excluding hydrogens is 402 g/mol. The van der Waals surface area contributed by atoms with Crippen LogP contribution in [0.4, 0.5) is 0 Å². The molecule has 1 saturated heterocycles. The first-order valence-electron chi connectivity index (χ1n) is 11.0. The van der Waals surface area contributed by atoms with Crippen molar-refractivity contribution < 1.29 is 4.79 Å². The molecule has 0 unspecified atom stereocenters. The highest BCUT2D eigenvalue weighted by Crippen LogP contribution is 2.31. The van der Waals surface area contributed by atoms with Gasteiger partial charge in [0, 0.05) is 41.5 Å². The van der Waals surface area contributed by atoms with Crippen LogP contribution in [0.2, 0.25) is 0 Å². The standard InChI is InChI=1S/C26H27N3OS/c1-18-11-13-29(14-12-18)24-10-4-2-3-8-20(24)16-25(30)23-17-31-26(28-23)22-15-19-7-5-6-9-21(19)27-22/h4-7,9-10,15,17,27H,1-3,8,11-14,16H2. The number of fused-ring (bicyclic) bond motifs is 1. The molecule has 3 aromatic rings. The first-order valence-corrected chi connectivity index (χ1v) is 11.9. The Morgan fingerprint density at radius 1 is 1.19 bits per heavy atom. The zero-order chi connectivity index (χ0) is 21.2. The number of benzene rings is 1. The zero-order valence-corrected chi connectivity index (χ0v) is 18.5. The maximum Gasteiger partial charge on any atom is 0.186 e. The van der Waals surface area contributed by atoms with E-state index in [0.29, 0.717) is 12.1 Å². The first-order chi connectivity index (χ1) is 15.2. The van der Waals surface area contributed by atoms with Gasteiger partial charge in [-0.25, -0.2) is 4.98 Å². The number of aromatic nitrogens is 2. The molecule has 158 valence electrons. The molecule has 1 N–H and O–H groups in total. The highest BCUT2D eigenvalue weighted by molar-refractivity contribution is 7.13. The predicted molar refractivity (Wildman–Crippen MR) is 128 cm³/mol. The molecule has 3 heterocycles. The van der Waals surface area contributed by atoms with Gasteiger partial charge in [0.15, 0.2) is 5.78 Å². The van der Waals surface area contributed by atoms with Crippen LogP contribution >= 0.6 is 11.3 Å². The van der Waals surface area contributed by atoms with Crippen LogP contribution in [0.3, 0.4) is 0 Å². The van der Waals surface area contributed by atoms with Crippen molar-refractivity contribution in [2.24, 2.45) is 0 Å². The highest BCUT2D eigenvalue weighted by Gasteiger charge is 2.21. The number of allylic oxidation sites excluding steroid dienone is 3. The second kappa shape index (κ2) is 8.67. The molecule has 0 saturated carbocycles. The van der Waals surface area contributed by atoms with Gasteiger partial charge in [0.05, 0.1) is 5.69 Å². The minimum absolute atomic E-state index is 0.114. The van der Waals surface area contributed by atoms with E-state index in [4.69, 9.17) is 0 Å². The first kappa shape index (κ1) is 20.0. The number of carbonyl (C=O) groups is 1. The van der Waals surface area contributed by atoms with Crippen molar-refractivity contribution in [3.63, 3.8) is 0 Å². The Kier molecular flexibility index (Phi) is 5.60. The number of ketones is 1. The quantitative estimate of drug-likeness (QED) is 0.371. The summed E-state index contributed by atoms with van der Waals surface area (Å²) in [6.45, 7) is 6.13. The number of hydrogen-bond acceptors (Lipinski definition) is 4. The summed E-state index contributed by atoms with van der Waals surface area (Å²) >= 11 is 1.53. The van der Waals surface area contributed by atoms with Crippen molar-refractivity contribution in [1.29, 1.82) is 0 Å². The summed E-state index contributed by atoms with van der Waals surface area (Å²) in [5.74, 6) is 0.114. The Morgan fingerprint density at radius 3 is 2.87 bits per heavy atom. The SMILES string of the molecule is C=C1CCN(C2=C(CC(=O)c3csc(-c4cc5ccccc5[nH]4)n3)CCCC=C2)CC1. The Labute approximate surface area is 187 Å². The van der Waals surface area contributed by atoms with E-state index in [1.165, 1.54) is 28.2 Å². The predicted octanol–water partition coefficient (Wildman–Crippen LogP) is 6.51. The molecular formula is C26H27N3OS. The van der Waals surface area contributed by atoms with Crippen molar-refractivity contribution >= 4 is 28.0 Å². The fourth-order valence-electron chi connectivity index (χ4n) is 4.44. The molecule has 4 nitrogen and oxygen atoms in total. The van der Waals surface area contributed by atoms with E-state index in [2.05, 4.69) is 51.8 Å². The lowest BCUT2D eigenvalue weighted by atomic mass is 9.98. The smallest absolute Gasteiger partial charge is 0.186 e. The van der Waals surface area contributed by atoms with Crippen molar-refractivity contribution in [1.82, 2.24) is 14.9 Å². The van der Waals surface area contributed by atoms with Crippen LogP contribution in [0.25, 0.3) is 21.6 Å². The van der Waals surface area contributed by atoms with Crippen LogP contribution in [0, 0.1) is 0 Å². The molecule has 31 heavy (non-hydrogen) atoms. The lowest BCUT2D eigenvalue weighted by Crippen LogP contribution is -2.30. The summed E-state index contributed by atoms with van der Waals surface area (Å²) in [7, 11) is 0. The van der Waals surface area contributed by atoms with E-state index < -0.39 is 0 Å². The molecule has 0 radical (unpaired) electrons. The van der Waals surface area contributed by atoms with Gasteiger partial charge in [0.1, 0.15) is 10.7 Å². The van der Waals surface area contributed by atoms with E-state index in [-0.39, 0.29) is 5.78 Å². The number of thiazole rings is 1. The van der Waals surface area contributed by atoms with Crippen LogP contribution in [0.15, 0.2) is 71.3 Å². The van der Waals surface area contributed by atoms with Crippen molar-refractivity contribution in [3.05, 3.63) is 77.0 Å². The fraction of sp³-hybridized carbons (Fsp3) is 0.308. The summed E-state index contributed by atoms with van der Waals surface area (Å²) in [5, 5.41) is 3.93. The third-order valence-corrected chi connectivity index (χ3v) is 7.10. The highest BCUT2D eigenvalue weighted by atomic mass is 32.1. The summed E-state index contributed by atoms with van der Waals surface area (Å²) < 4.78 is 0. The normalized spacial score (nSPS) is 17.4. The van der Waals surface area contributed by atoms with E-state index in [9.17, 15) is 4.79 Å². The van der Waals surface area contributed by atoms with Gasteiger partial charge in [-0.15, -0.1) is 11.3 Å². The number of H-pyrrole nitrogens is 1. The molecule has 5 heteroatoms. The minimum Gasteiger partial charge on any atom is -0.371 e. The molecule has 0 amide bonds. The van der Waals surface area contributed by atoms with E-state index in [1.54, 1.807) is 0 Å². The number of piperidine rings is 1. The molecule has 2 aromatic heterocycles. The van der Waals surface area contributed by atoms with E-state index in [0.717, 1.165) is 66.8 Å². The Balaban J connectivity index is 1.37. The van der Waals surface area contributed by atoms with Crippen molar-refractivity contribution in [2.75, 3.05) is 13.1 Å². The van der Waals surface area contributed by atoms with Gasteiger partial charge in [-0.2, -0.15) is 0 Å².